The van der Waals surface area contributed by atoms with Crippen molar-refractivity contribution in [2.75, 3.05) is 6.61 Å². The number of nitrogens with one attached hydrogen (secondary N) is 1. The molecule has 0 aliphatic heterocycles. The van der Waals surface area contributed by atoms with Gasteiger partial charge in [0.2, 0.25) is 0 Å². The zero-order valence-electron chi connectivity index (χ0n) is 11.9. The zero-order chi connectivity index (χ0) is 14.4. The van der Waals surface area contributed by atoms with Gasteiger partial charge in [-0.05, 0) is 37.0 Å². The summed E-state index contributed by atoms with van der Waals surface area (Å²) in [5.41, 5.74) is 0.903. The van der Waals surface area contributed by atoms with Crippen molar-refractivity contribution in [1.29, 1.82) is 0 Å². The first kappa shape index (κ1) is 16.5. The Morgan fingerprint density at radius 2 is 2.00 bits per heavy atom. The number of halogens is 1. The smallest absolute Gasteiger partial charge is 0.120 e. The molecule has 0 spiro atoms. The maximum Gasteiger partial charge on any atom is 0.120 e. The summed E-state index contributed by atoms with van der Waals surface area (Å²) in [5.74, 6) is 0.754. The average molecular weight is 330 g/mol. The van der Waals surface area contributed by atoms with Gasteiger partial charge in [0.05, 0.1) is 0 Å². The van der Waals surface area contributed by atoms with Crippen molar-refractivity contribution >= 4 is 15.9 Å². The van der Waals surface area contributed by atoms with Crippen molar-refractivity contribution in [2.45, 2.75) is 45.7 Å². The normalized spacial score (nSPS) is 14.6. The molecule has 0 fully saturated rings. The van der Waals surface area contributed by atoms with Crippen molar-refractivity contribution in [3.05, 3.63) is 28.2 Å². The molecule has 4 heteroatoms. The second kappa shape index (κ2) is 7.88. The van der Waals surface area contributed by atoms with Gasteiger partial charge >= 0.3 is 0 Å². The Morgan fingerprint density at radius 3 is 2.53 bits per heavy atom. The molecule has 0 saturated carbocycles. The van der Waals surface area contributed by atoms with Gasteiger partial charge in [0, 0.05) is 28.7 Å². The molecule has 0 aromatic heterocycles. The Kier molecular flexibility index (Phi) is 6.83. The van der Waals surface area contributed by atoms with E-state index in [-0.39, 0.29) is 18.7 Å². The molecule has 3 N–H and O–H groups in total. The molecule has 2 atom stereocenters. The summed E-state index contributed by atoms with van der Waals surface area (Å²) >= 11 is 3.44. The van der Waals surface area contributed by atoms with Crippen LogP contribution in [0, 0.1) is 5.92 Å². The number of benzene rings is 1. The van der Waals surface area contributed by atoms with Crippen LogP contribution in [0.1, 0.15) is 45.2 Å². The minimum Gasteiger partial charge on any atom is -0.508 e. The van der Waals surface area contributed by atoms with Crippen molar-refractivity contribution in [3.8, 4) is 5.75 Å². The van der Waals surface area contributed by atoms with Crippen LogP contribution in [0.15, 0.2) is 22.7 Å². The predicted molar refractivity (Wildman–Crippen MR) is 82.3 cm³/mol. The highest BCUT2D eigenvalue weighted by Crippen LogP contribution is 2.30. The van der Waals surface area contributed by atoms with E-state index in [4.69, 9.17) is 5.11 Å². The highest BCUT2D eigenvalue weighted by atomic mass is 79.9. The van der Waals surface area contributed by atoms with Crippen LogP contribution in [0.2, 0.25) is 0 Å². The molecule has 0 radical (unpaired) electrons. The van der Waals surface area contributed by atoms with Gasteiger partial charge in [0.15, 0.2) is 0 Å². The standard InChI is InChI=1S/C15H24BrNO2/c1-4-13(17-14(7-8-18)10(2)3)12-9-11(16)5-6-15(12)19/h5-6,9-10,13-14,17-19H,4,7-8H2,1-3H3. The Bertz CT molecular complexity index is 396. The fourth-order valence-corrected chi connectivity index (χ4v) is 2.62. The van der Waals surface area contributed by atoms with Crippen LogP contribution in [0.4, 0.5) is 0 Å². The van der Waals surface area contributed by atoms with E-state index < -0.39 is 0 Å². The lowest BCUT2D eigenvalue weighted by atomic mass is 9.96. The minimum atomic E-state index is 0.0939. The fourth-order valence-electron chi connectivity index (χ4n) is 2.24. The second-order valence-corrected chi connectivity index (χ2v) is 6.11. The van der Waals surface area contributed by atoms with Crippen LogP contribution in [0.25, 0.3) is 0 Å². The largest absolute Gasteiger partial charge is 0.508 e. The third kappa shape index (κ3) is 4.79. The van der Waals surface area contributed by atoms with Crippen LogP contribution < -0.4 is 5.32 Å². The van der Waals surface area contributed by atoms with Crippen molar-refractivity contribution in [3.63, 3.8) is 0 Å². The zero-order valence-corrected chi connectivity index (χ0v) is 13.4. The summed E-state index contributed by atoms with van der Waals surface area (Å²) in [6.45, 7) is 6.55. The Balaban J connectivity index is 2.90. The van der Waals surface area contributed by atoms with Crippen LogP contribution in [0.3, 0.4) is 0 Å². The predicted octanol–water partition coefficient (Wildman–Crippen LogP) is 3.60. The molecule has 0 aliphatic rings. The first-order valence-corrected chi connectivity index (χ1v) is 7.64. The lowest BCUT2D eigenvalue weighted by molar-refractivity contribution is 0.233. The van der Waals surface area contributed by atoms with E-state index in [1.807, 2.05) is 12.1 Å². The Labute approximate surface area is 124 Å². The van der Waals surface area contributed by atoms with Gasteiger partial charge in [-0.1, -0.05) is 36.7 Å². The number of hydrogen-bond acceptors (Lipinski definition) is 3. The van der Waals surface area contributed by atoms with Gasteiger partial charge < -0.3 is 15.5 Å². The molecular weight excluding hydrogens is 306 g/mol. The molecular formula is C15H24BrNO2. The van der Waals surface area contributed by atoms with Crippen molar-refractivity contribution < 1.29 is 10.2 Å². The molecule has 3 nitrogen and oxygen atoms in total. The van der Waals surface area contributed by atoms with Gasteiger partial charge in [0.1, 0.15) is 5.75 Å². The number of phenols is 1. The van der Waals surface area contributed by atoms with Crippen LogP contribution in [0.5, 0.6) is 5.75 Å². The average Bonchev–Trinajstić information content (AvgIpc) is 2.37. The fraction of sp³-hybridized carbons (Fsp3) is 0.600. The molecule has 1 aromatic rings. The van der Waals surface area contributed by atoms with E-state index in [1.165, 1.54) is 0 Å². The maximum atomic E-state index is 10.0. The molecule has 108 valence electrons. The van der Waals surface area contributed by atoms with Gasteiger partial charge in [-0.2, -0.15) is 0 Å². The lowest BCUT2D eigenvalue weighted by Gasteiger charge is -2.28. The molecule has 0 saturated heterocycles. The van der Waals surface area contributed by atoms with Crippen LogP contribution in [-0.4, -0.2) is 22.9 Å². The third-order valence-corrected chi connectivity index (χ3v) is 3.93. The molecule has 0 bridgehead atoms. The van der Waals surface area contributed by atoms with E-state index in [9.17, 15) is 5.11 Å². The highest BCUT2D eigenvalue weighted by Gasteiger charge is 2.20. The van der Waals surface area contributed by atoms with Gasteiger partial charge in [0.25, 0.3) is 0 Å². The van der Waals surface area contributed by atoms with E-state index >= 15 is 0 Å². The molecule has 19 heavy (non-hydrogen) atoms. The molecule has 0 aliphatic carbocycles. The van der Waals surface area contributed by atoms with Gasteiger partial charge in [-0.25, -0.2) is 0 Å². The van der Waals surface area contributed by atoms with E-state index in [1.54, 1.807) is 6.07 Å². The van der Waals surface area contributed by atoms with Crippen LogP contribution >= 0.6 is 15.9 Å². The molecule has 1 rings (SSSR count). The van der Waals surface area contributed by atoms with E-state index in [2.05, 4.69) is 42.0 Å². The lowest BCUT2D eigenvalue weighted by Crippen LogP contribution is -2.37. The van der Waals surface area contributed by atoms with E-state index in [0.717, 1.165) is 22.9 Å². The quantitative estimate of drug-likeness (QED) is 0.716. The molecule has 0 heterocycles. The number of phenolic OH excluding ortho intramolecular Hbond substituents is 1. The first-order valence-electron chi connectivity index (χ1n) is 6.84. The number of hydrogen-bond donors (Lipinski definition) is 3. The third-order valence-electron chi connectivity index (χ3n) is 3.43. The first-order chi connectivity index (χ1) is 8.99. The van der Waals surface area contributed by atoms with E-state index in [0.29, 0.717) is 11.7 Å². The van der Waals surface area contributed by atoms with Crippen molar-refractivity contribution in [2.24, 2.45) is 5.92 Å². The molecule has 0 amide bonds. The van der Waals surface area contributed by atoms with Crippen LogP contribution in [-0.2, 0) is 0 Å². The maximum absolute atomic E-state index is 10.0. The number of rotatable bonds is 7. The molecule has 1 aromatic carbocycles. The number of aromatic hydroxyl groups is 1. The minimum absolute atomic E-state index is 0.0939. The second-order valence-electron chi connectivity index (χ2n) is 5.19. The molecule has 2 unspecified atom stereocenters. The monoisotopic (exact) mass is 329 g/mol. The van der Waals surface area contributed by atoms with Gasteiger partial charge in [-0.3, -0.25) is 0 Å². The Morgan fingerprint density at radius 1 is 1.32 bits per heavy atom. The van der Waals surface area contributed by atoms with Gasteiger partial charge in [-0.15, -0.1) is 0 Å². The summed E-state index contributed by atoms with van der Waals surface area (Å²) < 4.78 is 0.962. The SMILES string of the molecule is CCC(NC(CCO)C(C)C)c1cc(Br)ccc1O. The summed E-state index contributed by atoms with van der Waals surface area (Å²) in [7, 11) is 0. The highest BCUT2D eigenvalue weighted by molar-refractivity contribution is 9.10. The summed E-state index contributed by atoms with van der Waals surface area (Å²) in [5, 5.41) is 22.7. The summed E-state index contributed by atoms with van der Waals surface area (Å²) in [4.78, 5) is 0. The Hall–Kier alpha value is -0.580. The summed E-state index contributed by atoms with van der Waals surface area (Å²) in [6.07, 6.45) is 1.61. The summed E-state index contributed by atoms with van der Waals surface area (Å²) in [6, 6.07) is 5.83. The topological polar surface area (TPSA) is 52.5 Å². The number of aliphatic hydroxyl groups is 1. The number of aliphatic hydroxyl groups excluding tert-OH is 1. The van der Waals surface area contributed by atoms with Crippen molar-refractivity contribution in [1.82, 2.24) is 5.32 Å².